The minimum absolute atomic E-state index is 0.149. The normalized spacial score (nSPS) is 15.5. The number of pyridine rings is 2. The summed E-state index contributed by atoms with van der Waals surface area (Å²) in [4.78, 5) is 35.1. The predicted molar refractivity (Wildman–Crippen MR) is 126 cm³/mol. The molecule has 11 nitrogen and oxygen atoms in total. The van der Waals surface area contributed by atoms with Gasteiger partial charge in [0.2, 0.25) is 11.8 Å². The van der Waals surface area contributed by atoms with Crippen molar-refractivity contribution >= 4 is 17.5 Å². The molecule has 0 aromatic carbocycles. The molecule has 0 saturated carbocycles. The molecule has 35 heavy (non-hydrogen) atoms. The van der Waals surface area contributed by atoms with Gasteiger partial charge in [-0.3, -0.25) is 14.7 Å². The Balaban J connectivity index is 1.25. The number of piperidine rings is 1. The summed E-state index contributed by atoms with van der Waals surface area (Å²) in [5.41, 5.74) is 3.01. The van der Waals surface area contributed by atoms with Crippen molar-refractivity contribution in [1.29, 1.82) is 0 Å². The highest BCUT2D eigenvalue weighted by Gasteiger charge is 2.27. The monoisotopic (exact) mass is 470 g/mol. The van der Waals surface area contributed by atoms with Gasteiger partial charge in [0.1, 0.15) is 11.4 Å². The van der Waals surface area contributed by atoms with Crippen molar-refractivity contribution in [3.05, 3.63) is 61.4 Å². The smallest absolute Gasteiger partial charge is 0.266 e. The molecule has 2 N–H and O–H groups in total. The number of amides is 2. The average molecular weight is 470 g/mol. The minimum atomic E-state index is -0.282. The van der Waals surface area contributed by atoms with Crippen molar-refractivity contribution in [3.8, 4) is 34.6 Å². The van der Waals surface area contributed by atoms with E-state index in [2.05, 4.69) is 42.3 Å². The van der Waals surface area contributed by atoms with Gasteiger partial charge in [0, 0.05) is 19.3 Å². The highest BCUT2D eigenvalue weighted by atomic mass is 16.4. The first kappa shape index (κ1) is 22.1. The molecule has 0 radical (unpaired) electrons. The molecule has 0 spiro atoms. The number of aromatic amines is 1. The van der Waals surface area contributed by atoms with Crippen LogP contribution in [0.25, 0.3) is 34.6 Å². The van der Waals surface area contributed by atoms with E-state index in [1.54, 1.807) is 29.3 Å². The Morgan fingerprint density at radius 3 is 2.69 bits per heavy atom. The van der Waals surface area contributed by atoms with Crippen LogP contribution in [0, 0.1) is 5.92 Å². The molecule has 2 amide bonds. The zero-order valence-electron chi connectivity index (χ0n) is 18.7. The lowest BCUT2D eigenvalue weighted by molar-refractivity contribution is -0.130. The molecule has 0 aliphatic carbocycles. The maximum Gasteiger partial charge on any atom is 0.266 e. The Morgan fingerprint density at radius 2 is 1.94 bits per heavy atom. The van der Waals surface area contributed by atoms with E-state index >= 15 is 0 Å². The Bertz CT molecular complexity index is 1350. The van der Waals surface area contributed by atoms with E-state index in [1.807, 2.05) is 18.2 Å². The standard InChI is InChI=1S/C24H22N8O3/c1-2-21(33)32-12-4-5-15(14-32)22(34)27-16-8-9-19(25-13-16)23-30-31-24(35-23)20-7-3-6-17(28-20)18-10-11-26-29-18/h2-3,6-11,13,15H,1,4-5,12,14H2,(H,26,29)(H,27,34)/t15-/m0/s1. The fourth-order valence-corrected chi connectivity index (χ4v) is 3.89. The highest BCUT2D eigenvalue weighted by molar-refractivity contribution is 5.93. The van der Waals surface area contributed by atoms with E-state index < -0.39 is 0 Å². The second-order valence-electron chi connectivity index (χ2n) is 8.04. The van der Waals surface area contributed by atoms with Gasteiger partial charge in [-0.1, -0.05) is 12.6 Å². The first-order valence-corrected chi connectivity index (χ1v) is 11.1. The zero-order valence-corrected chi connectivity index (χ0v) is 18.7. The summed E-state index contributed by atoms with van der Waals surface area (Å²) in [7, 11) is 0. The molecule has 1 atom stereocenters. The van der Waals surface area contributed by atoms with Gasteiger partial charge < -0.3 is 14.6 Å². The molecule has 0 bridgehead atoms. The van der Waals surface area contributed by atoms with Crippen molar-refractivity contribution in [2.45, 2.75) is 12.8 Å². The summed E-state index contributed by atoms with van der Waals surface area (Å²) >= 11 is 0. The van der Waals surface area contributed by atoms with Gasteiger partial charge in [-0.2, -0.15) is 5.10 Å². The third kappa shape index (κ3) is 4.83. The molecule has 5 rings (SSSR count). The summed E-state index contributed by atoms with van der Waals surface area (Å²) < 4.78 is 5.78. The first-order valence-electron chi connectivity index (χ1n) is 11.1. The van der Waals surface area contributed by atoms with Gasteiger partial charge >= 0.3 is 0 Å². The molecule has 5 heterocycles. The van der Waals surface area contributed by atoms with Crippen molar-refractivity contribution < 1.29 is 14.0 Å². The van der Waals surface area contributed by atoms with Crippen LogP contribution in [-0.4, -0.2) is 60.2 Å². The van der Waals surface area contributed by atoms with Crippen LogP contribution in [0.4, 0.5) is 5.69 Å². The number of anilines is 1. The molecule has 11 heteroatoms. The summed E-state index contributed by atoms with van der Waals surface area (Å²) in [6.45, 7) is 4.53. The Hall–Kier alpha value is -4.67. The molecule has 176 valence electrons. The fraction of sp³-hybridized carbons (Fsp3) is 0.208. The number of carbonyl (C=O) groups is 2. The summed E-state index contributed by atoms with van der Waals surface area (Å²) in [6, 6.07) is 10.7. The lowest BCUT2D eigenvalue weighted by Crippen LogP contribution is -2.43. The fourth-order valence-electron chi connectivity index (χ4n) is 3.89. The largest absolute Gasteiger partial charge is 0.413 e. The summed E-state index contributed by atoms with van der Waals surface area (Å²) in [5.74, 6) is -0.0927. The van der Waals surface area contributed by atoms with Crippen LogP contribution in [0.5, 0.6) is 0 Å². The van der Waals surface area contributed by atoms with Crippen LogP contribution in [0.2, 0.25) is 0 Å². The van der Waals surface area contributed by atoms with Gasteiger partial charge in [0.25, 0.3) is 11.8 Å². The number of hydrogen-bond donors (Lipinski definition) is 2. The van der Waals surface area contributed by atoms with Crippen LogP contribution in [-0.2, 0) is 9.59 Å². The lowest BCUT2D eigenvalue weighted by Gasteiger charge is -2.31. The molecule has 1 aliphatic heterocycles. The maximum atomic E-state index is 12.7. The molecule has 4 aromatic heterocycles. The average Bonchev–Trinajstić information content (AvgIpc) is 3.62. The number of rotatable bonds is 6. The minimum Gasteiger partial charge on any atom is -0.413 e. The van der Waals surface area contributed by atoms with Crippen molar-refractivity contribution in [3.63, 3.8) is 0 Å². The molecule has 4 aromatic rings. The van der Waals surface area contributed by atoms with Gasteiger partial charge in [-0.05, 0) is 49.2 Å². The van der Waals surface area contributed by atoms with Crippen molar-refractivity contribution in [1.82, 2.24) is 35.3 Å². The Morgan fingerprint density at radius 1 is 1.11 bits per heavy atom. The van der Waals surface area contributed by atoms with E-state index in [1.165, 1.54) is 12.3 Å². The molecular weight excluding hydrogens is 448 g/mol. The van der Waals surface area contributed by atoms with Crippen LogP contribution in [0.3, 0.4) is 0 Å². The number of carbonyl (C=O) groups excluding carboxylic acids is 2. The number of aromatic nitrogens is 6. The zero-order chi connectivity index (χ0) is 24.2. The molecule has 1 aliphatic rings. The third-order valence-corrected chi connectivity index (χ3v) is 5.70. The Labute approximate surface area is 200 Å². The number of nitrogens with one attached hydrogen (secondary N) is 2. The topological polar surface area (TPSA) is 143 Å². The maximum absolute atomic E-state index is 12.7. The van der Waals surface area contributed by atoms with Crippen LogP contribution >= 0.6 is 0 Å². The highest BCUT2D eigenvalue weighted by Crippen LogP contribution is 2.25. The molecule has 1 saturated heterocycles. The quantitative estimate of drug-likeness (QED) is 0.410. The van der Waals surface area contributed by atoms with E-state index in [0.717, 1.165) is 18.5 Å². The number of nitrogens with zero attached hydrogens (tertiary/aromatic N) is 6. The van der Waals surface area contributed by atoms with Crippen molar-refractivity contribution in [2.75, 3.05) is 18.4 Å². The first-order chi connectivity index (χ1) is 17.1. The van der Waals surface area contributed by atoms with Gasteiger partial charge in [0.15, 0.2) is 0 Å². The second-order valence-corrected chi connectivity index (χ2v) is 8.04. The summed E-state index contributed by atoms with van der Waals surface area (Å²) in [5, 5.41) is 17.9. The van der Waals surface area contributed by atoms with Crippen LogP contribution in [0.15, 0.2) is 65.9 Å². The number of likely N-dealkylation sites (tertiary alicyclic amines) is 1. The van der Waals surface area contributed by atoms with Crippen LogP contribution in [0.1, 0.15) is 12.8 Å². The van der Waals surface area contributed by atoms with E-state index in [0.29, 0.717) is 35.9 Å². The predicted octanol–water partition coefficient (Wildman–Crippen LogP) is 2.95. The van der Waals surface area contributed by atoms with Gasteiger partial charge in [0.05, 0.1) is 29.2 Å². The molecule has 1 fully saturated rings. The lowest BCUT2D eigenvalue weighted by atomic mass is 9.97. The number of H-pyrrole nitrogens is 1. The van der Waals surface area contributed by atoms with Crippen LogP contribution < -0.4 is 5.32 Å². The van der Waals surface area contributed by atoms with E-state index in [4.69, 9.17) is 4.42 Å². The van der Waals surface area contributed by atoms with Gasteiger partial charge in [-0.15, -0.1) is 10.2 Å². The summed E-state index contributed by atoms with van der Waals surface area (Å²) in [6.07, 6.45) is 5.95. The van der Waals surface area contributed by atoms with E-state index in [-0.39, 0.29) is 29.5 Å². The van der Waals surface area contributed by atoms with Gasteiger partial charge in [-0.25, -0.2) is 9.97 Å². The van der Waals surface area contributed by atoms with E-state index in [9.17, 15) is 9.59 Å². The molecular formula is C24H22N8O3. The Kier molecular flexibility index (Phi) is 6.12. The third-order valence-electron chi connectivity index (χ3n) is 5.70. The SMILES string of the molecule is C=CC(=O)N1CCC[C@H](C(=O)Nc2ccc(-c3nnc(-c4cccc(-c5ccn[nH]5)n4)o3)nc2)C1. The second kappa shape index (κ2) is 9.67. The van der Waals surface area contributed by atoms with Crippen molar-refractivity contribution in [2.24, 2.45) is 5.92 Å². The number of hydrogen-bond acceptors (Lipinski definition) is 8. The molecule has 0 unspecified atom stereocenters.